The fourth-order valence-electron chi connectivity index (χ4n) is 1.48. The van der Waals surface area contributed by atoms with E-state index in [-0.39, 0.29) is 13.1 Å². The maximum Gasteiger partial charge on any atom is 0.390 e. The van der Waals surface area contributed by atoms with Crippen molar-refractivity contribution in [1.29, 1.82) is 0 Å². The first-order valence-electron chi connectivity index (χ1n) is 5.58. The Morgan fingerprint density at radius 2 is 2.12 bits per heavy atom. The number of likely N-dealkylation sites (N-methyl/N-ethyl adjacent to an activating group) is 1. The van der Waals surface area contributed by atoms with Crippen LogP contribution in [0.25, 0.3) is 0 Å². The van der Waals surface area contributed by atoms with Gasteiger partial charge in [-0.25, -0.2) is 0 Å². The summed E-state index contributed by atoms with van der Waals surface area (Å²) in [5, 5.41) is 3.02. The minimum Gasteiger partial charge on any atom is -0.368 e. The smallest absolute Gasteiger partial charge is 0.368 e. The summed E-state index contributed by atoms with van der Waals surface area (Å²) in [6, 6.07) is -0.274. The van der Waals surface area contributed by atoms with Crippen LogP contribution in [0.2, 0.25) is 0 Å². The number of alkyl halides is 3. The molecular weight excluding hydrogens is 235 g/mol. The molecule has 100 valence electrons. The number of nitrogens with one attached hydrogen (secondary N) is 1. The minimum atomic E-state index is -4.17. The first-order chi connectivity index (χ1) is 7.78. The monoisotopic (exact) mass is 253 g/mol. The topological polar surface area (TPSA) is 58.4 Å². The van der Waals surface area contributed by atoms with Crippen molar-refractivity contribution in [3.05, 3.63) is 0 Å². The normalized spacial score (nSPS) is 18.4. The van der Waals surface area contributed by atoms with E-state index in [1.807, 2.05) is 0 Å². The van der Waals surface area contributed by atoms with E-state index in [1.165, 1.54) is 4.90 Å². The van der Waals surface area contributed by atoms with Gasteiger partial charge in [-0.3, -0.25) is 4.79 Å². The van der Waals surface area contributed by atoms with Gasteiger partial charge in [0.2, 0.25) is 5.91 Å². The van der Waals surface area contributed by atoms with Crippen LogP contribution < -0.4 is 11.1 Å². The molecule has 0 aromatic rings. The zero-order valence-electron chi connectivity index (χ0n) is 9.76. The third-order valence-corrected chi connectivity index (χ3v) is 2.63. The third-order valence-electron chi connectivity index (χ3n) is 2.63. The molecule has 0 aromatic heterocycles. The van der Waals surface area contributed by atoms with Gasteiger partial charge in [-0.1, -0.05) is 0 Å². The number of nitrogens with two attached hydrogens (primary N) is 1. The molecule has 1 aliphatic rings. The molecule has 1 rings (SSSR count). The summed E-state index contributed by atoms with van der Waals surface area (Å²) in [4.78, 5) is 12.6. The Bertz CT molecular complexity index is 266. The highest BCUT2D eigenvalue weighted by molar-refractivity contribution is 5.80. The van der Waals surface area contributed by atoms with Gasteiger partial charge in [0, 0.05) is 19.1 Å². The highest BCUT2D eigenvalue weighted by atomic mass is 19.4. The summed E-state index contributed by atoms with van der Waals surface area (Å²) in [5.74, 6) is -0.518. The Hall–Kier alpha value is -0.820. The van der Waals surface area contributed by atoms with Crippen molar-refractivity contribution in [2.45, 2.75) is 37.5 Å². The fourth-order valence-corrected chi connectivity index (χ4v) is 1.48. The summed E-state index contributed by atoms with van der Waals surface area (Å²) >= 11 is 0. The summed E-state index contributed by atoms with van der Waals surface area (Å²) in [5.41, 5.74) is 5.19. The minimum absolute atomic E-state index is 0.125. The Labute approximate surface area is 98.3 Å². The van der Waals surface area contributed by atoms with Gasteiger partial charge in [0.25, 0.3) is 0 Å². The predicted octanol–water partition coefficient (Wildman–Crippen LogP) is 0.477. The lowest BCUT2D eigenvalue weighted by Crippen LogP contribution is -2.49. The van der Waals surface area contributed by atoms with Crippen LogP contribution in [0.4, 0.5) is 13.2 Å². The molecule has 1 amide bonds. The third kappa shape index (κ3) is 6.48. The molecule has 0 aliphatic heterocycles. The number of primary amides is 1. The first-order valence-corrected chi connectivity index (χ1v) is 5.58. The number of halogens is 3. The molecule has 1 saturated carbocycles. The highest BCUT2D eigenvalue weighted by Gasteiger charge is 2.30. The number of amides is 1. The van der Waals surface area contributed by atoms with Crippen LogP contribution in [-0.2, 0) is 4.79 Å². The van der Waals surface area contributed by atoms with Gasteiger partial charge in [0.1, 0.15) is 0 Å². The molecule has 0 heterocycles. The molecule has 1 aliphatic carbocycles. The lowest BCUT2D eigenvalue weighted by atomic mass is 10.2. The second-order valence-corrected chi connectivity index (χ2v) is 4.52. The van der Waals surface area contributed by atoms with Gasteiger partial charge in [-0.15, -0.1) is 0 Å². The number of nitrogens with zero attached hydrogens (tertiary/aromatic N) is 1. The Kier molecular flexibility index (Phi) is 4.76. The van der Waals surface area contributed by atoms with E-state index in [1.54, 1.807) is 7.05 Å². The van der Waals surface area contributed by atoms with Crippen LogP contribution in [-0.4, -0.2) is 49.2 Å². The number of carbonyl (C=O) groups excluding carboxylic acids is 1. The van der Waals surface area contributed by atoms with Crippen molar-refractivity contribution in [1.82, 2.24) is 10.2 Å². The van der Waals surface area contributed by atoms with Gasteiger partial charge in [0.15, 0.2) is 0 Å². The average Bonchev–Trinajstić information content (AvgIpc) is 2.96. The van der Waals surface area contributed by atoms with Gasteiger partial charge < -0.3 is 16.0 Å². The van der Waals surface area contributed by atoms with E-state index in [4.69, 9.17) is 5.73 Å². The fraction of sp³-hybridized carbons (Fsp3) is 0.900. The standard InChI is InChI=1S/C10H18F3N3O/c1-16(5-4-10(11,12)13)6-8(9(14)17)15-7-2-3-7/h7-8,15H,2-6H2,1H3,(H2,14,17). The molecule has 4 nitrogen and oxygen atoms in total. The molecule has 1 unspecified atom stereocenters. The van der Waals surface area contributed by atoms with E-state index in [0.717, 1.165) is 12.8 Å². The zero-order valence-corrected chi connectivity index (χ0v) is 9.76. The van der Waals surface area contributed by atoms with Crippen LogP contribution in [0.15, 0.2) is 0 Å². The van der Waals surface area contributed by atoms with Crippen molar-refractivity contribution < 1.29 is 18.0 Å². The predicted molar refractivity (Wildman–Crippen MR) is 57.3 cm³/mol. The summed E-state index contributed by atoms with van der Waals surface area (Å²) in [7, 11) is 1.55. The SMILES string of the molecule is CN(CCC(F)(F)F)CC(NC1CC1)C(N)=O. The molecule has 0 bridgehead atoms. The summed E-state index contributed by atoms with van der Waals surface area (Å²) in [6.45, 7) is 0.0849. The van der Waals surface area contributed by atoms with Gasteiger partial charge in [-0.2, -0.15) is 13.2 Å². The number of hydrogen-bond acceptors (Lipinski definition) is 3. The van der Waals surface area contributed by atoms with Crippen LogP contribution in [0, 0.1) is 0 Å². The second-order valence-electron chi connectivity index (χ2n) is 4.52. The van der Waals surface area contributed by atoms with E-state index in [0.29, 0.717) is 6.04 Å². The summed E-state index contributed by atoms with van der Waals surface area (Å²) in [6.07, 6.45) is -3.05. The molecular formula is C10H18F3N3O. The lowest BCUT2D eigenvalue weighted by Gasteiger charge is -2.23. The number of carbonyl (C=O) groups is 1. The van der Waals surface area contributed by atoms with Crippen molar-refractivity contribution in [2.75, 3.05) is 20.1 Å². The molecule has 0 spiro atoms. The van der Waals surface area contributed by atoms with Crippen molar-refractivity contribution in [2.24, 2.45) is 5.73 Å². The number of rotatable bonds is 7. The molecule has 1 atom stereocenters. The molecule has 0 radical (unpaired) electrons. The summed E-state index contributed by atoms with van der Waals surface area (Å²) < 4.78 is 36.0. The van der Waals surface area contributed by atoms with Crippen molar-refractivity contribution in [3.8, 4) is 0 Å². The van der Waals surface area contributed by atoms with Crippen LogP contribution in [0.3, 0.4) is 0 Å². The van der Waals surface area contributed by atoms with Crippen molar-refractivity contribution in [3.63, 3.8) is 0 Å². The highest BCUT2D eigenvalue weighted by Crippen LogP contribution is 2.20. The van der Waals surface area contributed by atoms with E-state index < -0.39 is 24.5 Å². The van der Waals surface area contributed by atoms with Crippen LogP contribution in [0.1, 0.15) is 19.3 Å². The van der Waals surface area contributed by atoms with Gasteiger partial charge in [0.05, 0.1) is 12.5 Å². The van der Waals surface area contributed by atoms with Gasteiger partial charge >= 0.3 is 6.18 Å². The Balaban J connectivity index is 2.30. The molecule has 0 aromatic carbocycles. The van der Waals surface area contributed by atoms with E-state index >= 15 is 0 Å². The Morgan fingerprint density at radius 1 is 1.53 bits per heavy atom. The molecule has 1 fully saturated rings. The molecule has 17 heavy (non-hydrogen) atoms. The van der Waals surface area contributed by atoms with Gasteiger partial charge in [-0.05, 0) is 19.9 Å². The Morgan fingerprint density at radius 3 is 2.53 bits per heavy atom. The van der Waals surface area contributed by atoms with Crippen LogP contribution >= 0.6 is 0 Å². The maximum absolute atomic E-state index is 12.0. The van der Waals surface area contributed by atoms with Crippen LogP contribution in [0.5, 0.6) is 0 Å². The lowest BCUT2D eigenvalue weighted by molar-refractivity contribution is -0.137. The largest absolute Gasteiger partial charge is 0.390 e. The average molecular weight is 253 g/mol. The zero-order chi connectivity index (χ0) is 13.1. The van der Waals surface area contributed by atoms with E-state index in [9.17, 15) is 18.0 Å². The molecule has 7 heteroatoms. The second kappa shape index (κ2) is 5.68. The first kappa shape index (κ1) is 14.2. The van der Waals surface area contributed by atoms with E-state index in [2.05, 4.69) is 5.32 Å². The molecule has 0 saturated heterocycles. The number of hydrogen-bond donors (Lipinski definition) is 2. The molecule has 3 N–H and O–H groups in total. The maximum atomic E-state index is 12.0. The van der Waals surface area contributed by atoms with Crippen molar-refractivity contribution >= 4 is 5.91 Å². The quantitative estimate of drug-likeness (QED) is 0.693.